The van der Waals surface area contributed by atoms with E-state index < -0.39 is 10.0 Å². The first-order valence-corrected chi connectivity index (χ1v) is 11.0. The van der Waals surface area contributed by atoms with E-state index in [1.54, 1.807) is 6.92 Å². The highest BCUT2D eigenvalue weighted by atomic mass is 32.2. The van der Waals surface area contributed by atoms with Crippen LogP contribution in [-0.4, -0.2) is 67.5 Å². The monoisotopic (exact) mass is 359 g/mol. The van der Waals surface area contributed by atoms with Crippen LogP contribution in [0.4, 0.5) is 0 Å². The standard InChI is InChI=1S/C17H33N3O3S/c1-4-24(22,23)19-11-8-16(9-12-19)17(21)18-10-13-20-14(2)6-5-7-15(20)3/h14-16H,4-13H2,1-3H3,(H,18,21). The minimum Gasteiger partial charge on any atom is -0.355 e. The number of carbonyl (C=O) groups is 1. The maximum atomic E-state index is 12.3. The predicted octanol–water partition coefficient (Wildman–Crippen LogP) is 1.43. The molecule has 7 heteroatoms. The molecular weight excluding hydrogens is 326 g/mol. The molecular formula is C17H33N3O3S. The molecule has 2 saturated heterocycles. The lowest BCUT2D eigenvalue weighted by Crippen LogP contribution is -2.48. The maximum absolute atomic E-state index is 12.3. The van der Waals surface area contributed by atoms with Crippen molar-refractivity contribution >= 4 is 15.9 Å². The molecule has 0 aromatic carbocycles. The van der Waals surface area contributed by atoms with E-state index in [-0.39, 0.29) is 17.6 Å². The van der Waals surface area contributed by atoms with Gasteiger partial charge in [-0.25, -0.2) is 12.7 Å². The summed E-state index contributed by atoms with van der Waals surface area (Å²) in [6, 6.07) is 1.18. The molecule has 0 aromatic heterocycles. The molecule has 0 radical (unpaired) electrons. The summed E-state index contributed by atoms with van der Waals surface area (Å²) < 4.78 is 25.2. The van der Waals surface area contributed by atoms with E-state index in [1.807, 2.05) is 0 Å². The summed E-state index contributed by atoms with van der Waals surface area (Å²) in [6.07, 6.45) is 5.03. The number of carbonyl (C=O) groups excluding carboxylic acids is 1. The third kappa shape index (κ3) is 4.92. The summed E-state index contributed by atoms with van der Waals surface area (Å²) in [5.41, 5.74) is 0. The summed E-state index contributed by atoms with van der Waals surface area (Å²) in [6.45, 7) is 8.71. The van der Waals surface area contributed by atoms with E-state index in [4.69, 9.17) is 0 Å². The molecule has 140 valence electrons. The maximum Gasteiger partial charge on any atom is 0.223 e. The number of rotatable bonds is 6. The second-order valence-electron chi connectivity index (χ2n) is 7.23. The van der Waals surface area contributed by atoms with Gasteiger partial charge in [0, 0.05) is 44.2 Å². The van der Waals surface area contributed by atoms with Crippen LogP contribution >= 0.6 is 0 Å². The fraction of sp³-hybridized carbons (Fsp3) is 0.941. The summed E-state index contributed by atoms with van der Waals surface area (Å²) in [5.74, 6) is 0.168. The predicted molar refractivity (Wildman–Crippen MR) is 96.2 cm³/mol. The Bertz CT molecular complexity index is 505. The molecule has 6 nitrogen and oxygen atoms in total. The average Bonchev–Trinajstić information content (AvgIpc) is 2.57. The number of likely N-dealkylation sites (tertiary alicyclic amines) is 1. The van der Waals surface area contributed by atoms with Crippen molar-refractivity contribution < 1.29 is 13.2 Å². The topological polar surface area (TPSA) is 69.7 Å². The van der Waals surface area contributed by atoms with Crippen LogP contribution in [0, 0.1) is 5.92 Å². The van der Waals surface area contributed by atoms with Gasteiger partial charge in [0.25, 0.3) is 0 Å². The molecule has 2 atom stereocenters. The molecule has 0 aliphatic carbocycles. The molecule has 2 unspecified atom stereocenters. The SMILES string of the molecule is CCS(=O)(=O)N1CCC(C(=O)NCCN2C(C)CCCC2C)CC1. The lowest BCUT2D eigenvalue weighted by molar-refractivity contribution is -0.126. The van der Waals surface area contributed by atoms with Crippen LogP contribution < -0.4 is 5.32 Å². The van der Waals surface area contributed by atoms with Crippen molar-refractivity contribution in [2.24, 2.45) is 5.92 Å². The fourth-order valence-electron chi connectivity index (χ4n) is 3.95. The van der Waals surface area contributed by atoms with Gasteiger partial charge in [0.05, 0.1) is 5.75 Å². The first-order chi connectivity index (χ1) is 11.3. The normalized spacial score (nSPS) is 28.0. The van der Waals surface area contributed by atoms with Crippen molar-refractivity contribution in [1.82, 2.24) is 14.5 Å². The highest BCUT2D eigenvalue weighted by Crippen LogP contribution is 2.22. The smallest absolute Gasteiger partial charge is 0.223 e. The number of hydrogen-bond acceptors (Lipinski definition) is 4. The number of piperidine rings is 2. The number of hydrogen-bond donors (Lipinski definition) is 1. The van der Waals surface area contributed by atoms with E-state index in [1.165, 1.54) is 23.6 Å². The Morgan fingerprint density at radius 1 is 1.08 bits per heavy atom. The quantitative estimate of drug-likeness (QED) is 0.779. The Hall–Kier alpha value is -0.660. The molecule has 24 heavy (non-hydrogen) atoms. The summed E-state index contributed by atoms with van der Waals surface area (Å²) in [7, 11) is -3.12. The second-order valence-corrected chi connectivity index (χ2v) is 9.49. The van der Waals surface area contributed by atoms with Gasteiger partial charge in [-0.1, -0.05) is 6.42 Å². The van der Waals surface area contributed by atoms with Crippen molar-refractivity contribution in [3.8, 4) is 0 Å². The van der Waals surface area contributed by atoms with E-state index >= 15 is 0 Å². The van der Waals surface area contributed by atoms with Crippen molar-refractivity contribution in [3.63, 3.8) is 0 Å². The van der Waals surface area contributed by atoms with Crippen LogP contribution in [0.3, 0.4) is 0 Å². The van der Waals surface area contributed by atoms with Gasteiger partial charge >= 0.3 is 0 Å². The Labute approximate surface area is 147 Å². The van der Waals surface area contributed by atoms with Crippen LogP contribution in [0.15, 0.2) is 0 Å². The molecule has 2 fully saturated rings. The van der Waals surface area contributed by atoms with Crippen LogP contribution in [0.5, 0.6) is 0 Å². The van der Waals surface area contributed by atoms with Gasteiger partial charge in [0.1, 0.15) is 0 Å². The minimum absolute atomic E-state index is 0.0514. The number of nitrogens with zero attached hydrogens (tertiary/aromatic N) is 2. The van der Waals surface area contributed by atoms with E-state index in [0.717, 1.165) is 6.54 Å². The molecule has 0 spiro atoms. The molecule has 0 aromatic rings. The van der Waals surface area contributed by atoms with Gasteiger partial charge in [0.15, 0.2) is 0 Å². The number of amides is 1. The fourth-order valence-corrected chi connectivity index (χ4v) is 5.08. The van der Waals surface area contributed by atoms with Crippen LogP contribution in [0.1, 0.15) is 52.9 Å². The van der Waals surface area contributed by atoms with Gasteiger partial charge in [-0.05, 0) is 46.5 Å². The van der Waals surface area contributed by atoms with Crippen LogP contribution in [0.2, 0.25) is 0 Å². The third-order valence-electron chi connectivity index (χ3n) is 5.63. The largest absolute Gasteiger partial charge is 0.355 e. The first kappa shape index (κ1) is 19.7. The van der Waals surface area contributed by atoms with Gasteiger partial charge < -0.3 is 5.32 Å². The summed E-state index contributed by atoms with van der Waals surface area (Å²) >= 11 is 0. The minimum atomic E-state index is -3.12. The van der Waals surface area contributed by atoms with Crippen molar-refractivity contribution in [2.75, 3.05) is 31.9 Å². The first-order valence-electron chi connectivity index (χ1n) is 9.36. The molecule has 2 heterocycles. The van der Waals surface area contributed by atoms with Gasteiger partial charge in [-0.2, -0.15) is 0 Å². The zero-order chi connectivity index (χ0) is 17.7. The number of nitrogens with one attached hydrogen (secondary N) is 1. The van der Waals surface area contributed by atoms with Gasteiger partial charge in [-0.3, -0.25) is 9.69 Å². The Kier molecular flexibility index (Phi) is 7.07. The lowest BCUT2D eigenvalue weighted by atomic mass is 9.97. The number of sulfonamides is 1. The Morgan fingerprint density at radius 3 is 2.21 bits per heavy atom. The zero-order valence-corrected chi connectivity index (χ0v) is 16.1. The summed E-state index contributed by atoms with van der Waals surface area (Å²) in [4.78, 5) is 14.8. The molecule has 2 aliphatic heterocycles. The van der Waals surface area contributed by atoms with Crippen LogP contribution in [0.25, 0.3) is 0 Å². The van der Waals surface area contributed by atoms with Gasteiger partial charge in [0.2, 0.25) is 15.9 Å². The highest BCUT2D eigenvalue weighted by molar-refractivity contribution is 7.89. The van der Waals surface area contributed by atoms with Crippen LogP contribution in [-0.2, 0) is 14.8 Å². The average molecular weight is 360 g/mol. The molecule has 2 rings (SSSR count). The van der Waals surface area contributed by atoms with E-state index in [9.17, 15) is 13.2 Å². The van der Waals surface area contributed by atoms with Crippen molar-refractivity contribution in [1.29, 1.82) is 0 Å². The Balaban J connectivity index is 1.72. The summed E-state index contributed by atoms with van der Waals surface area (Å²) in [5, 5.41) is 3.06. The van der Waals surface area contributed by atoms with E-state index in [0.29, 0.717) is 44.6 Å². The molecule has 0 saturated carbocycles. The third-order valence-corrected chi connectivity index (χ3v) is 7.51. The lowest BCUT2D eigenvalue weighted by Gasteiger charge is -2.39. The molecule has 0 bridgehead atoms. The van der Waals surface area contributed by atoms with E-state index in [2.05, 4.69) is 24.1 Å². The van der Waals surface area contributed by atoms with Gasteiger partial charge in [-0.15, -0.1) is 0 Å². The molecule has 1 amide bonds. The van der Waals surface area contributed by atoms with Crippen molar-refractivity contribution in [3.05, 3.63) is 0 Å². The molecule has 1 N–H and O–H groups in total. The van der Waals surface area contributed by atoms with Crippen molar-refractivity contribution in [2.45, 2.75) is 65.0 Å². The Morgan fingerprint density at radius 2 is 1.67 bits per heavy atom. The second kappa shape index (κ2) is 8.63. The zero-order valence-electron chi connectivity index (χ0n) is 15.3. The molecule has 2 aliphatic rings. The highest BCUT2D eigenvalue weighted by Gasteiger charge is 2.30.